The molecule has 0 bridgehead atoms. The third kappa shape index (κ3) is 4.67. The smallest absolute Gasteiger partial charge is 0.244 e. The molecule has 0 atom stereocenters. The van der Waals surface area contributed by atoms with E-state index in [4.69, 9.17) is 4.74 Å². The third-order valence-electron chi connectivity index (χ3n) is 5.42. The Hall–Kier alpha value is -2.00. The number of halogens is 1. The summed E-state index contributed by atoms with van der Waals surface area (Å²) in [7, 11) is -3.51. The molecule has 30 heavy (non-hydrogen) atoms. The van der Waals surface area contributed by atoms with E-state index in [1.807, 2.05) is 24.3 Å². The van der Waals surface area contributed by atoms with Gasteiger partial charge in [0.25, 0.3) is 0 Å². The first-order chi connectivity index (χ1) is 14.4. The first-order valence-electron chi connectivity index (χ1n) is 9.83. The van der Waals surface area contributed by atoms with E-state index >= 15 is 0 Å². The standard InChI is InChI=1S/C22H23BrN2O4S/c23-19-6-4-18(5-7-19)22(11-12-22)24-21(26)10-3-17-1-8-20(9-2-17)30(27,28)25-13-15-29-16-14-25/h1-10H,11-16H2,(H,24,26)/b10-3+. The zero-order valence-electron chi connectivity index (χ0n) is 16.4. The van der Waals surface area contributed by atoms with E-state index in [1.54, 1.807) is 30.3 Å². The van der Waals surface area contributed by atoms with Crippen molar-refractivity contribution < 1.29 is 17.9 Å². The van der Waals surface area contributed by atoms with E-state index in [2.05, 4.69) is 21.2 Å². The highest BCUT2D eigenvalue weighted by Gasteiger charge is 2.45. The highest BCUT2D eigenvalue weighted by atomic mass is 79.9. The molecule has 1 saturated heterocycles. The molecular formula is C22H23BrN2O4S. The van der Waals surface area contributed by atoms with Crippen LogP contribution < -0.4 is 5.32 Å². The fraction of sp³-hybridized carbons (Fsp3) is 0.318. The summed E-state index contributed by atoms with van der Waals surface area (Å²) >= 11 is 3.43. The molecule has 1 N–H and O–H groups in total. The van der Waals surface area contributed by atoms with Crippen LogP contribution in [0.5, 0.6) is 0 Å². The van der Waals surface area contributed by atoms with E-state index in [9.17, 15) is 13.2 Å². The van der Waals surface area contributed by atoms with Crippen LogP contribution in [0.25, 0.3) is 6.08 Å². The van der Waals surface area contributed by atoms with E-state index in [0.717, 1.165) is 28.4 Å². The van der Waals surface area contributed by atoms with Crippen LogP contribution >= 0.6 is 15.9 Å². The zero-order valence-corrected chi connectivity index (χ0v) is 18.8. The summed E-state index contributed by atoms with van der Waals surface area (Å²) in [6.07, 6.45) is 5.02. The minimum absolute atomic E-state index is 0.166. The molecule has 0 spiro atoms. The molecule has 1 saturated carbocycles. The number of amides is 1. The molecule has 0 unspecified atom stereocenters. The van der Waals surface area contributed by atoms with Gasteiger partial charge in [0.15, 0.2) is 0 Å². The van der Waals surface area contributed by atoms with Gasteiger partial charge in [0.1, 0.15) is 0 Å². The molecule has 2 aromatic rings. The quantitative estimate of drug-likeness (QED) is 0.630. The number of rotatable bonds is 6. The molecule has 0 aromatic heterocycles. The lowest BCUT2D eigenvalue weighted by molar-refractivity contribution is -0.117. The summed E-state index contributed by atoms with van der Waals surface area (Å²) in [5.74, 6) is -0.166. The molecule has 1 amide bonds. The SMILES string of the molecule is O=C(/C=C/c1ccc(S(=O)(=O)N2CCOCC2)cc1)NC1(c2ccc(Br)cc2)CC1. The molecule has 2 aromatic carbocycles. The van der Waals surface area contributed by atoms with Crippen LogP contribution in [0.15, 0.2) is 64.0 Å². The van der Waals surface area contributed by atoms with Gasteiger partial charge in [-0.05, 0) is 54.3 Å². The number of morpholine rings is 1. The summed E-state index contributed by atoms with van der Waals surface area (Å²) in [6.45, 7) is 1.56. The Bertz CT molecular complexity index is 1040. The average Bonchev–Trinajstić information content (AvgIpc) is 3.54. The van der Waals surface area contributed by atoms with Gasteiger partial charge in [-0.3, -0.25) is 4.79 Å². The molecule has 0 radical (unpaired) electrons. The maximum absolute atomic E-state index is 12.7. The van der Waals surface area contributed by atoms with Crippen molar-refractivity contribution in [2.75, 3.05) is 26.3 Å². The first-order valence-corrected chi connectivity index (χ1v) is 12.1. The zero-order chi connectivity index (χ0) is 21.2. The number of nitrogens with zero attached hydrogens (tertiary/aromatic N) is 1. The number of carbonyl (C=O) groups excluding carboxylic acids is 1. The van der Waals surface area contributed by atoms with Crippen molar-refractivity contribution in [3.8, 4) is 0 Å². The number of sulfonamides is 1. The molecule has 6 nitrogen and oxygen atoms in total. The summed E-state index contributed by atoms with van der Waals surface area (Å²) < 4.78 is 33.0. The lowest BCUT2D eigenvalue weighted by Gasteiger charge is -2.26. The summed E-state index contributed by atoms with van der Waals surface area (Å²) in [5, 5.41) is 3.10. The number of carbonyl (C=O) groups is 1. The van der Waals surface area contributed by atoms with E-state index in [0.29, 0.717) is 26.3 Å². The van der Waals surface area contributed by atoms with Gasteiger partial charge in [0.2, 0.25) is 15.9 Å². The fourth-order valence-corrected chi connectivity index (χ4v) is 5.19. The molecule has 2 fully saturated rings. The molecular weight excluding hydrogens is 468 g/mol. The van der Waals surface area contributed by atoms with Gasteiger partial charge in [-0.2, -0.15) is 4.31 Å². The molecule has 8 heteroatoms. The predicted molar refractivity (Wildman–Crippen MR) is 118 cm³/mol. The highest BCUT2D eigenvalue weighted by molar-refractivity contribution is 9.10. The number of benzene rings is 2. The average molecular weight is 491 g/mol. The molecule has 1 aliphatic heterocycles. The van der Waals surface area contributed by atoms with Crippen molar-refractivity contribution in [2.24, 2.45) is 0 Å². The second-order valence-corrected chi connectivity index (χ2v) is 10.4. The summed E-state index contributed by atoms with van der Waals surface area (Å²) in [5.41, 5.74) is 1.59. The summed E-state index contributed by atoms with van der Waals surface area (Å²) in [6, 6.07) is 14.6. The van der Waals surface area contributed by atoms with Crippen LogP contribution in [0, 0.1) is 0 Å². The molecule has 4 rings (SSSR count). The molecule has 1 aliphatic carbocycles. The van der Waals surface area contributed by atoms with Crippen molar-refractivity contribution in [1.82, 2.24) is 9.62 Å². The topological polar surface area (TPSA) is 75.7 Å². The molecule has 1 heterocycles. The van der Waals surface area contributed by atoms with Crippen molar-refractivity contribution in [3.63, 3.8) is 0 Å². The van der Waals surface area contributed by atoms with Gasteiger partial charge < -0.3 is 10.1 Å². The Morgan fingerprint density at radius 2 is 1.67 bits per heavy atom. The lowest BCUT2D eigenvalue weighted by Crippen LogP contribution is -2.40. The number of ether oxygens (including phenoxy) is 1. The van der Waals surface area contributed by atoms with E-state index in [-0.39, 0.29) is 16.3 Å². The van der Waals surface area contributed by atoms with Gasteiger partial charge in [0.05, 0.1) is 23.6 Å². The molecule has 2 aliphatic rings. The van der Waals surface area contributed by atoms with Gasteiger partial charge in [-0.25, -0.2) is 8.42 Å². The minimum Gasteiger partial charge on any atom is -0.379 e. The number of nitrogens with one attached hydrogen (secondary N) is 1. The first kappa shape index (κ1) is 21.2. The second kappa shape index (κ2) is 8.63. The van der Waals surface area contributed by atoms with Crippen LogP contribution in [-0.2, 0) is 25.1 Å². The second-order valence-electron chi connectivity index (χ2n) is 7.50. The summed E-state index contributed by atoms with van der Waals surface area (Å²) in [4.78, 5) is 12.7. The van der Waals surface area contributed by atoms with Crippen molar-refractivity contribution in [2.45, 2.75) is 23.3 Å². The maximum Gasteiger partial charge on any atom is 0.244 e. The Kier molecular flexibility index (Phi) is 6.11. The number of hydrogen-bond donors (Lipinski definition) is 1. The van der Waals surface area contributed by atoms with Gasteiger partial charge in [-0.1, -0.05) is 40.2 Å². The van der Waals surface area contributed by atoms with Gasteiger partial charge in [0, 0.05) is 23.6 Å². The van der Waals surface area contributed by atoms with Gasteiger partial charge >= 0.3 is 0 Å². The normalized spacial score (nSPS) is 19.0. The van der Waals surface area contributed by atoms with Crippen molar-refractivity contribution in [3.05, 3.63) is 70.2 Å². The highest BCUT2D eigenvalue weighted by Crippen LogP contribution is 2.45. The van der Waals surface area contributed by atoms with Gasteiger partial charge in [-0.15, -0.1) is 0 Å². The lowest BCUT2D eigenvalue weighted by atomic mass is 10.1. The third-order valence-corrected chi connectivity index (χ3v) is 7.87. The van der Waals surface area contributed by atoms with Crippen LogP contribution in [-0.4, -0.2) is 44.9 Å². The van der Waals surface area contributed by atoms with Crippen LogP contribution in [0.3, 0.4) is 0 Å². The van der Waals surface area contributed by atoms with Crippen LogP contribution in [0.4, 0.5) is 0 Å². The predicted octanol–water partition coefficient (Wildman–Crippen LogP) is 3.29. The van der Waals surface area contributed by atoms with Crippen molar-refractivity contribution in [1.29, 1.82) is 0 Å². The Labute approximate surface area is 185 Å². The largest absolute Gasteiger partial charge is 0.379 e. The fourth-order valence-electron chi connectivity index (χ4n) is 3.52. The van der Waals surface area contributed by atoms with Crippen molar-refractivity contribution >= 4 is 37.9 Å². The maximum atomic E-state index is 12.7. The van der Waals surface area contributed by atoms with Crippen LogP contribution in [0.2, 0.25) is 0 Å². The van der Waals surface area contributed by atoms with Crippen LogP contribution in [0.1, 0.15) is 24.0 Å². The molecule has 158 valence electrons. The van der Waals surface area contributed by atoms with E-state index in [1.165, 1.54) is 10.4 Å². The Morgan fingerprint density at radius 1 is 1.03 bits per heavy atom. The monoisotopic (exact) mass is 490 g/mol. The van der Waals surface area contributed by atoms with E-state index < -0.39 is 10.0 Å². The number of hydrogen-bond acceptors (Lipinski definition) is 4. The minimum atomic E-state index is -3.51. The Morgan fingerprint density at radius 3 is 2.27 bits per heavy atom. The Balaban J connectivity index is 1.39.